The van der Waals surface area contributed by atoms with Gasteiger partial charge in [0, 0.05) is 19.6 Å². The largest absolute Gasteiger partial charge is 0.317 e. The van der Waals surface area contributed by atoms with Crippen molar-refractivity contribution >= 4 is 0 Å². The zero-order valence-electron chi connectivity index (χ0n) is 9.07. The van der Waals surface area contributed by atoms with Gasteiger partial charge in [0.2, 0.25) is 0 Å². The van der Waals surface area contributed by atoms with E-state index in [0.717, 1.165) is 6.54 Å². The van der Waals surface area contributed by atoms with Crippen LogP contribution in [0.4, 0.5) is 8.78 Å². The van der Waals surface area contributed by atoms with Crippen molar-refractivity contribution in [3.63, 3.8) is 0 Å². The average molecular weight is 221 g/mol. The molecule has 0 aromatic carbocycles. The first-order valence-corrected chi connectivity index (χ1v) is 5.69. The Morgan fingerprint density at radius 3 is 1.27 bits per heavy atom. The highest BCUT2D eigenvalue weighted by atomic mass is 19.1. The average Bonchev–Trinajstić information content (AvgIpc) is 2.50. The van der Waals surface area contributed by atoms with Gasteiger partial charge < -0.3 is 16.0 Å². The molecule has 3 rings (SSSR count). The Hall–Kier alpha value is -0.260. The van der Waals surface area contributed by atoms with Gasteiger partial charge in [-0.15, -0.1) is 0 Å². The lowest BCUT2D eigenvalue weighted by atomic mass is 10.3. The molecule has 0 aromatic rings. The summed E-state index contributed by atoms with van der Waals surface area (Å²) in [6, 6.07) is 0. The van der Waals surface area contributed by atoms with E-state index in [4.69, 9.17) is 0 Å². The molecule has 0 bridgehead atoms. The van der Waals surface area contributed by atoms with Crippen LogP contribution in [0, 0.1) is 0 Å². The summed E-state index contributed by atoms with van der Waals surface area (Å²) in [5.41, 5.74) is 0. The summed E-state index contributed by atoms with van der Waals surface area (Å²) in [5, 5.41) is 8.79. The molecule has 15 heavy (non-hydrogen) atoms. The minimum Gasteiger partial charge on any atom is -0.317 e. The maximum absolute atomic E-state index is 11.9. The van der Waals surface area contributed by atoms with Gasteiger partial charge in [0.25, 0.3) is 0 Å². The van der Waals surface area contributed by atoms with Crippen molar-refractivity contribution in [3.8, 4) is 0 Å². The van der Waals surface area contributed by atoms with Gasteiger partial charge in [-0.3, -0.25) is 0 Å². The van der Waals surface area contributed by atoms with Crippen LogP contribution >= 0.6 is 0 Å². The summed E-state index contributed by atoms with van der Waals surface area (Å²) in [6.45, 7) is 5.07. The monoisotopic (exact) mass is 221 g/mol. The summed E-state index contributed by atoms with van der Waals surface area (Å²) < 4.78 is 23.3. The van der Waals surface area contributed by atoms with Gasteiger partial charge in [0.05, 0.1) is 0 Å². The lowest BCUT2D eigenvalue weighted by Gasteiger charge is -2.17. The molecule has 1 atom stereocenters. The number of rotatable bonds is 0. The Morgan fingerprint density at radius 1 is 0.733 bits per heavy atom. The second kappa shape index (κ2) is 7.96. The molecule has 5 heteroatoms. The van der Waals surface area contributed by atoms with E-state index in [-0.39, 0.29) is 0 Å². The van der Waals surface area contributed by atoms with E-state index in [2.05, 4.69) is 16.0 Å². The summed E-state index contributed by atoms with van der Waals surface area (Å²) in [7, 11) is 0. The molecule has 0 radical (unpaired) electrons. The predicted octanol–water partition coefficient (Wildman–Crippen LogP) is 0.225. The Labute approximate surface area is 90.0 Å². The van der Waals surface area contributed by atoms with Gasteiger partial charge in [-0.05, 0) is 32.5 Å². The topological polar surface area (TPSA) is 36.1 Å². The molecule has 3 nitrogen and oxygen atoms in total. The van der Waals surface area contributed by atoms with Crippen LogP contribution in [-0.4, -0.2) is 51.6 Å². The zero-order chi connectivity index (χ0) is 10.9. The van der Waals surface area contributed by atoms with Crippen LogP contribution in [0.3, 0.4) is 0 Å². The molecule has 3 aliphatic heterocycles. The molecular weight excluding hydrogens is 200 g/mol. The van der Waals surface area contributed by atoms with Gasteiger partial charge >= 0.3 is 0 Å². The van der Waals surface area contributed by atoms with Crippen molar-refractivity contribution in [2.45, 2.75) is 25.2 Å². The second-order valence-corrected chi connectivity index (χ2v) is 3.95. The first kappa shape index (κ1) is 12.8. The highest BCUT2D eigenvalue weighted by Crippen LogP contribution is 1.99. The molecule has 0 spiro atoms. The molecule has 0 saturated carbocycles. The number of hydrogen-bond acceptors (Lipinski definition) is 3. The van der Waals surface area contributed by atoms with Crippen LogP contribution in [0.1, 0.15) is 12.8 Å². The lowest BCUT2D eigenvalue weighted by molar-refractivity contribution is 0.237. The molecule has 3 saturated heterocycles. The molecular formula is C10H21F2N3. The molecule has 90 valence electrons. The Kier molecular flexibility index (Phi) is 6.80. The van der Waals surface area contributed by atoms with Crippen LogP contribution in [0.2, 0.25) is 0 Å². The van der Waals surface area contributed by atoms with Crippen LogP contribution in [0.15, 0.2) is 0 Å². The number of halogens is 2. The normalized spacial score (nSPS) is 28.8. The van der Waals surface area contributed by atoms with Gasteiger partial charge in [-0.1, -0.05) is 0 Å². The highest BCUT2D eigenvalue weighted by molar-refractivity contribution is 4.72. The van der Waals surface area contributed by atoms with Crippen LogP contribution < -0.4 is 16.0 Å². The minimum atomic E-state index is -0.565. The number of alkyl halides is 2. The predicted molar refractivity (Wildman–Crippen MR) is 57.6 cm³/mol. The van der Waals surface area contributed by atoms with Crippen molar-refractivity contribution in [1.29, 1.82) is 0 Å². The maximum Gasteiger partial charge on any atom is 0.125 e. The molecule has 0 aliphatic carbocycles. The molecule has 3 fully saturated rings. The van der Waals surface area contributed by atoms with E-state index < -0.39 is 12.3 Å². The van der Waals surface area contributed by atoms with Crippen LogP contribution in [0.25, 0.3) is 0 Å². The number of hydrogen-bond donors (Lipinski definition) is 3. The Balaban J connectivity index is 0.000000115. The summed E-state index contributed by atoms with van der Waals surface area (Å²) in [6.07, 6.45) is 0.986. The fraction of sp³-hybridized carbons (Fsp3) is 1.00. The third-order valence-corrected chi connectivity index (χ3v) is 2.44. The van der Waals surface area contributed by atoms with Crippen molar-refractivity contribution in [2.24, 2.45) is 0 Å². The molecule has 3 aliphatic rings. The summed E-state index contributed by atoms with van der Waals surface area (Å²) in [5.74, 6) is 0. The van der Waals surface area contributed by atoms with Crippen molar-refractivity contribution < 1.29 is 8.78 Å². The van der Waals surface area contributed by atoms with E-state index in [1.54, 1.807) is 0 Å². The van der Waals surface area contributed by atoms with Crippen molar-refractivity contribution in [2.75, 3.05) is 39.3 Å². The Morgan fingerprint density at radius 2 is 1.20 bits per heavy atom. The highest BCUT2D eigenvalue weighted by Gasteiger charge is 2.12. The molecule has 0 amide bonds. The van der Waals surface area contributed by atoms with Crippen LogP contribution in [-0.2, 0) is 0 Å². The van der Waals surface area contributed by atoms with Gasteiger partial charge in [0.1, 0.15) is 12.3 Å². The van der Waals surface area contributed by atoms with Gasteiger partial charge in [0.15, 0.2) is 0 Å². The zero-order valence-corrected chi connectivity index (χ0v) is 9.07. The molecule has 0 unspecified atom stereocenters. The second-order valence-electron chi connectivity index (χ2n) is 3.95. The smallest absolute Gasteiger partial charge is 0.125 e. The fourth-order valence-corrected chi connectivity index (χ4v) is 1.05. The lowest BCUT2D eigenvalue weighted by Crippen LogP contribution is -2.43. The third kappa shape index (κ3) is 6.76. The van der Waals surface area contributed by atoms with Crippen molar-refractivity contribution in [1.82, 2.24) is 16.0 Å². The first-order chi connectivity index (χ1) is 7.29. The quantitative estimate of drug-likeness (QED) is 0.548. The van der Waals surface area contributed by atoms with Gasteiger partial charge in [-0.25, -0.2) is 8.78 Å². The first-order valence-electron chi connectivity index (χ1n) is 5.69. The van der Waals surface area contributed by atoms with E-state index >= 15 is 0 Å². The third-order valence-electron chi connectivity index (χ3n) is 2.44. The molecule has 3 N–H and O–H groups in total. The number of nitrogens with one attached hydrogen (secondary N) is 3. The van der Waals surface area contributed by atoms with E-state index in [0.29, 0.717) is 26.1 Å². The van der Waals surface area contributed by atoms with E-state index in [1.165, 1.54) is 19.5 Å². The molecule has 3 heterocycles. The maximum atomic E-state index is 11.9. The van der Waals surface area contributed by atoms with E-state index in [1.807, 2.05) is 0 Å². The minimum absolute atomic E-state index is 0.546. The SMILES string of the molecule is C1CNC1.FC1CNC1.F[C@@H]1CCNC1. The Bertz CT molecular complexity index is 140. The van der Waals surface area contributed by atoms with E-state index in [9.17, 15) is 8.78 Å². The summed E-state index contributed by atoms with van der Waals surface area (Å²) >= 11 is 0. The van der Waals surface area contributed by atoms with Crippen molar-refractivity contribution in [3.05, 3.63) is 0 Å². The summed E-state index contributed by atoms with van der Waals surface area (Å²) in [4.78, 5) is 0. The van der Waals surface area contributed by atoms with Crippen LogP contribution in [0.5, 0.6) is 0 Å². The standard InChI is InChI=1S/C4H8FN.C3H6FN.C3H7N/c5-4-1-2-6-3-4;4-3-1-5-2-3;1-2-4-3-1/h4,6H,1-3H2;3,5H,1-2H2;4H,1-3H2/t4-;;/m1../s1. The fourth-order valence-electron chi connectivity index (χ4n) is 1.05. The molecule has 0 aromatic heterocycles. The van der Waals surface area contributed by atoms with Gasteiger partial charge in [-0.2, -0.15) is 0 Å².